The molecule has 0 heterocycles. The van der Waals surface area contributed by atoms with Crippen molar-refractivity contribution in [1.82, 2.24) is 0 Å². The lowest BCUT2D eigenvalue weighted by molar-refractivity contribution is 1.79. The van der Waals surface area contributed by atoms with Gasteiger partial charge in [-0.15, -0.1) is 0 Å². The van der Waals surface area contributed by atoms with Crippen molar-refractivity contribution in [3.63, 3.8) is 0 Å². The number of rotatable bonds is 0. The lowest BCUT2D eigenvalue weighted by Crippen LogP contribution is -1.91. The molecular weight excluding hydrogens is 312 g/mol. The monoisotopic (exact) mass is 326 g/mol. The van der Waals surface area contributed by atoms with Crippen LogP contribution in [-0.4, -0.2) is 0 Å². The molecule has 0 atom stereocenters. The summed E-state index contributed by atoms with van der Waals surface area (Å²) in [5.74, 6) is 0. The highest BCUT2D eigenvalue weighted by Crippen LogP contribution is 2.45. The maximum absolute atomic E-state index is 2.40. The van der Waals surface area contributed by atoms with Crippen molar-refractivity contribution in [2.45, 2.75) is 0 Å². The van der Waals surface area contributed by atoms with Crippen LogP contribution in [0.25, 0.3) is 64.6 Å². The molecule has 0 N–H and O–H groups in total. The molecule has 0 saturated carbocycles. The minimum atomic E-state index is 1.32. The topological polar surface area (TPSA) is 0 Å². The first-order valence-corrected chi connectivity index (χ1v) is 9.12. The fraction of sp³-hybridized carbons (Fsp3) is 0. The molecule has 0 spiro atoms. The van der Waals surface area contributed by atoms with Gasteiger partial charge >= 0.3 is 0 Å². The van der Waals surface area contributed by atoms with Gasteiger partial charge in [-0.3, -0.25) is 0 Å². The number of benzene rings is 5. The smallest absolute Gasteiger partial charge is 0.00921 e. The fourth-order valence-electron chi connectivity index (χ4n) is 4.74. The average molecular weight is 326 g/mol. The molecule has 0 nitrogen and oxygen atoms in total. The van der Waals surface area contributed by atoms with Gasteiger partial charge in [-0.05, 0) is 101 Å². The molecule has 0 amide bonds. The zero-order chi connectivity index (χ0) is 16.8. The molecule has 26 heavy (non-hydrogen) atoms. The molecule has 0 aromatic heterocycles. The van der Waals surface area contributed by atoms with E-state index in [1.165, 1.54) is 64.6 Å². The molecule has 118 valence electrons. The third-order valence-corrected chi connectivity index (χ3v) is 6.09. The second kappa shape index (κ2) is 4.23. The van der Waals surface area contributed by atoms with Crippen LogP contribution < -0.4 is 0 Å². The van der Waals surface area contributed by atoms with Crippen LogP contribution in [0.2, 0.25) is 0 Å². The minimum Gasteiger partial charge on any atom is -0.0616 e. The highest BCUT2D eigenvalue weighted by molar-refractivity contribution is 6.36. The second-order valence-electron chi connectivity index (χ2n) is 7.43. The summed E-state index contributed by atoms with van der Waals surface area (Å²) in [5.41, 5.74) is 0. The lowest BCUT2D eigenvalue weighted by atomic mass is 9.84. The van der Waals surface area contributed by atoms with Gasteiger partial charge in [0.25, 0.3) is 0 Å². The molecule has 7 aromatic rings. The first-order valence-electron chi connectivity index (χ1n) is 9.12. The summed E-state index contributed by atoms with van der Waals surface area (Å²) in [7, 11) is 0. The van der Waals surface area contributed by atoms with E-state index in [2.05, 4.69) is 84.9 Å². The van der Waals surface area contributed by atoms with E-state index in [0.29, 0.717) is 0 Å². The summed E-state index contributed by atoms with van der Waals surface area (Å²) in [6.07, 6.45) is 0. The van der Waals surface area contributed by atoms with Crippen molar-refractivity contribution >= 4 is 64.6 Å². The van der Waals surface area contributed by atoms with E-state index in [1.807, 2.05) is 0 Å². The summed E-state index contributed by atoms with van der Waals surface area (Å²) in [6, 6.07) is 31.5. The third-order valence-electron chi connectivity index (χ3n) is 6.09. The maximum Gasteiger partial charge on any atom is -0.00921 e. The van der Waals surface area contributed by atoms with Gasteiger partial charge in [0.2, 0.25) is 0 Å². The van der Waals surface area contributed by atoms with Gasteiger partial charge in [-0.25, -0.2) is 0 Å². The number of fused-ring (bicyclic) bond motifs is 10. The van der Waals surface area contributed by atoms with E-state index in [0.717, 1.165) is 0 Å². The van der Waals surface area contributed by atoms with Crippen LogP contribution in [0.1, 0.15) is 0 Å². The molecule has 0 aliphatic rings. The van der Waals surface area contributed by atoms with Crippen molar-refractivity contribution < 1.29 is 0 Å². The summed E-state index contributed by atoms with van der Waals surface area (Å²) in [6.45, 7) is 0. The maximum atomic E-state index is 2.40. The molecule has 0 fully saturated rings. The van der Waals surface area contributed by atoms with Crippen molar-refractivity contribution in [2.75, 3.05) is 0 Å². The zero-order valence-corrected chi connectivity index (χ0v) is 14.1. The molecule has 0 saturated heterocycles. The molecule has 7 aromatic carbocycles. The lowest BCUT2D eigenvalue weighted by Gasteiger charge is -2.19. The van der Waals surface area contributed by atoms with Crippen LogP contribution in [0.3, 0.4) is 0 Å². The minimum absolute atomic E-state index is 1.32. The Kier molecular flexibility index (Phi) is 2.10. The largest absolute Gasteiger partial charge is 0.0616 e. The number of hydrogen-bond donors (Lipinski definition) is 0. The highest BCUT2D eigenvalue weighted by Gasteiger charge is 2.17. The standard InChI is InChI=1S/C26H14/c1-2-6-16-10-20-19(9-15(16)5-1)23-13-25-21-11-17-7-3-4-8-18(17)12-22(21)26(25)14-24(20)23/h1-14H. The van der Waals surface area contributed by atoms with E-state index in [1.54, 1.807) is 0 Å². The molecule has 0 heteroatoms. The Bertz CT molecular complexity index is 1380. The van der Waals surface area contributed by atoms with Crippen molar-refractivity contribution in [2.24, 2.45) is 0 Å². The van der Waals surface area contributed by atoms with E-state index >= 15 is 0 Å². The Balaban J connectivity index is 1.61. The van der Waals surface area contributed by atoms with Gasteiger partial charge in [0, 0.05) is 0 Å². The average Bonchev–Trinajstić information content (AvgIpc) is 2.69. The van der Waals surface area contributed by atoms with Crippen LogP contribution in [0.5, 0.6) is 0 Å². The molecular formula is C26H14. The predicted molar refractivity (Wildman–Crippen MR) is 114 cm³/mol. The van der Waals surface area contributed by atoms with Crippen LogP contribution in [0, 0.1) is 0 Å². The van der Waals surface area contributed by atoms with E-state index in [4.69, 9.17) is 0 Å². The number of hydrogen-bond acceptors (Lipinski definition) is 0. The van der Waals surface area contributed by atoms with Gasteiger partial charge < -0.3 is 0 Å². The van der Waals surface area contributed by atoms with Gasteiger partial charge in [0.05, 0.1) is 0 Å². The predicted octanol–water partition coefficient (Wildman–Crippen LogP) is 7.48. The Morgan fingerprint density at radius 2 is 0.500 bits per heavy atom. The second-order valence-corrected chi connectivity index (χ2v) is 7.43. The Morgan fingerprint density at radius 1 is 0.269 bits per heavy atom. The summed E-state index contributed by atoms with van der Waals surface area (Å²) in [4.78, 5) is 0. The first kappa shape index (κ1) is 12.9. The van der Waals surface area contributed by atoms with E-state index in [-0.39, 0.29) is 0 Å². The van der Waals surface area contributed by atoms with Gasteiger partial charge in [0.15, 0.2) is 0 Å². The van der Waals surface area contributed by atoms with E-state index in [9.17, 15) is 0 Å². The molecule has 0 aliphatic carbocycles. The summed E-state index contributed by atoms with van der Waals surface area (Å²) < 4.78 is 0. The van der Waals surface area contributed by atoms with Crippen LogP contribution in [0.15, 0.2) is 84.9 Å². The van der Waals surface area contributed by atoms with Crippen LogP contribution in [0.4, 0.5) is 0 Å². The molecule has 0 unspecified atom stereocenters. The Morgan fingerprint density at radius 3 is 0.769 bits per heavy atom. The first-order chi connectivity index (χ1) is 12.9. The Hall–Kier alpha value is -3.38. The molecule has 0 bridgehead atoms. The van der Waals surface area contributed by atoms with Gasteiger partial charge in [0.1, 0.15) is 0 Å². The van der Waals surface area contributed by atoms with E-state index < -0.39 is 0 Å². The van der Waals surface area contributed by atoms with Crippen molar-refractivity contribution in [1.29, 1.82) is 0 Å². The molecule has 0 aliphatic heterocycles. The normalized spacial score (nSPS) is 12.6. The van der Waals surface area contributed by atoms with Crippen molar-refractivity contribution in [3.8, 4) is 0 Å². The summed E-state index contributed by atoms with van der Waals surface area (Å²) in [5, 5.41) is 16.5. The SMILES string of the molecule is c1ccc2cc3c(cc2c1)c1cc2c4cc5ccccc5cc4c2cc31. The zero-order valence-electron chi connectivity index (χ0n) is 14.1. The molecule has 0 radical (unpaired) electrons. The third kappa shape index (κ3) is 1.43. The molecule has 7 rings (SSSR count). The fourth-order valence-corrected chi connectivity index (χ4v) is 4.74. The summed E-state index contributed by atoms with van der Waals surface area (Å²) >= 11 is 0. The van der Waals surface area contributed by atoms with Gasteiger partial charge in [-0.2, -0.15) is 0 Å². The van der Waals surface area contributed by atoms with Crippen molar-refractivity contribution in [3.05, 3.63) is 84.9 Å². The van der Waals surface area contributed by atoms with Crippen LogP contribution in [-0.2, 0) is 0 Å². The van der Waals surface area contributed by atoms with Gasteiger partial charge in [-0.1, -0.05) is 48.5 Å². The quantitative estimate of drug-likeness (QED) is 0.271. The highest BCUT2D eigenvalue weighted by atomic mass is 14.2. The van der Waals surface area contributed by atoms with Crippen LogP contribution >= 0.6 is 0 Å². The Labute approximate surface area is 149 Å².